The topological polar surface area (TPSA) is 79.6 Å². The van der Waals surface area contributed by atoms with E-state index in [1.165, 1.54) is 30.2 Å². The largest absolute Gasteiger partial charge is 0.398 e. The highest BCUT2D eigenvalue weighted by atomic mass is 14.9. The molecule has 0 radical (unpaired) electrons. The van der Waals surface area contributed by atoms with Gasteiger partial charge < -0.3 is 16.0 Å². The number of nitrogens with one attached hydrogen (secondary N) is 2. The van der Waals surface area contributed by atoms with Crippen LogP contribution in [0.3, 0.4) is 0 Å². The number of fused-ring (bicyclic) bond motifs is 1. The minimum atomic E-state index is 0.576. The number of hydrogen-bond donors (Lipinski definition) is 3. The molecule has 0 spiro atoms. The van der Waals surface area contributed by atoms with Crippen LogP contribution < -0.4 is 11.1 Å². The molecule has 5 heteroatoms. The maximum atomic E-state index is 6.42. The number of nitrogens with two attached hydrogens (primary N) is 1. The highest BCUT2D eigenvalue weighted by Crippen LogP contribution is 2.34. The minimum Gasteiger partial charge on any atom is -0.398 e. The molecule has 0 saturated heterocycles. The predicted octanol–water partition coefficient (Wildman–Crippen LogP) is 7.44. The number of nitrogens with zero attached hydrogens (tertiary/aromatic N) is 2. The van der Waals surface area contributed by atoms with E-state index in [1.54, 1.807) is 6.20 Å². The molecule has 6 rings (SSSR count). The molecule has 1 aliphatic carbocycles. The third-order valence-corrected chi connectivity index (χ3v) is 7.19. The van der Waals surface area contributed by atoms with E-state index in [2.05, 4.69) is 88.2 Å². The molecule has 0 unspecified atom stereocenters. The lowest BCUT2D eigenvalue weighted by molar-refractivity contribution is 0.371. The Kier molecular flexibility index (Phi) is 7.24. The number of benzene rings is 2. The van der Waals surface area contributed by atoms with Crippen LogP contribution in [0.5, 0.6) is 0 Å². The van der Waals surface area contributed by atoms with Gasteiger partial charge in [-0.25, -0.2) is 0 Å². The fourth-order valence-electron chi connectivity index (χ4n) is 4.94. The van der Waals surface area contributed by atoms with Crippen molar-refractivity contribution in [2.45, 2.75) is 25.7 Å². The van der Waals surface area contributed by atoms with Gasteiger partial charge in [-0.2, -0.15) is 0 Å². The van der Waals surface area contributed by atoms with Gasteiger partial charge in [-0.15, -0.1) is 12.8 Å². The van der Waals surface area contributed by atoms with Crippen LogP contribution in [-0.4, -0.2) is 15.0 Å². The second kappa shape index (κ2) is 11.1. The van der Waals surface area contributed by atoms with Crippen LogP contribution in [0.4, 0.5) is 11.4 Å². The number of aromatic amines is 1. The van der Waals surface area contributed by atoms with Crippen molar-refractivity contribution in [1.82, 2.24) is 15.0 Å². The van der Waals surface area contributed by atoms with Crippen molar-refractivity contribution >= 4 is 22.3 Å². The maximum Gasteiger partial charge on any atom is 0.0574 e. The summed E-state index contributed by atoms with van der Waals surface area (Å²) < 4.78 is 0. The van der Waals surface area contributed by atoms with Gasteiger partial charge in [-0.05, 0) is 71.8 Å². The molecule has 38 heavy (non-hydrogen) atoms. The highest BCUT2D eigenvalue weighted by Gasteiger charge is 2.20. The molecule has 1 fully saturated rings. The van der Waals surface area contributed by atoms with Crippen LogP contribution in [0.2, 0.25) is 0 Å². The van der Waals surface area contributed by atoms with Crippen molar-refractivity contribution in [2.75, 3.05) is 11.1 Å². The van der Waals surface area contributed by atoms with Crippen molar-refractivity contribution in [3.63, 3.8) is 0 Å². The van der Waals surface area contributed by atoms with Gasteiger partial charge in [-0.1, -0.05) is 37.3 Å². The lowest BCUT2D eigenvalue weighted by Crippen LogP contribution is -2.18. The molecule has 3 heterocycles. The first kappa shape index (κ1) is 24.9. The first-order valence-corrected chi connectivity index (χ1v) is 12.8. The van der Waals surface area contributed by atoms with E-state index >= 15 is 0 Å². The van der Waals surface area contributed by atoms with E-state index in [-0.39, 0.29) is 0 Å². The first-order valence-electron chi connectivity index (χ1n) is 12.8. The number of terminal acetylenes is 1. The maximum absolute atomic E-state index is 6.42. The Morgan fingerprint density at radius 1 is 0.947 bits per heavy atom. The SMILES string of the molecule is C#C.C=C(Nc1cncc(-c2ccc(N)c(Cc3cc4c(-c5cccnc5)cccc4[nH]3)c2)c1)C1CCC1. The smallest absolute Gasteiger partial charge is 0.0574 e. The molecule has 0 atom stereocenters. The summed E-state index contributed by atoms with van der Waals surface area (Å²) in [5.74, 6) is 0.576. The second-order valence-electron chi connectivity index (χ2n) is 9.63. The summed E-state index contributed by atoms with van der Waals surface area (Å²) in [5.41, 5.74) is 17.0. The molecule has 4 N–H and O–H groups in total. The van der Waals surface area contributed by atoms with Gasteiger partial charge in [0, 0.05) is 64.1 Å². The number of anilines is 2. The zero-order chi connectivity index (χ0) is 26.5. The molecule has 5 nitrogen and oxygen atoms in total. The second-order valence-corrected chi connectivity index (χ2v) is 9.63. The number of hydrogen-bond acceptors (Lipinski definition) is 4. The molecule has 188 valence electrons. The van der Waals surface area contributed by atoms with E-state index in [9.17, 15) is 0 Å². The normalized spacial score (nSPS) is 12.8. The Morgan fingerprint density at radius 2 is 1.79 bits per heavy atom. The number of allylic oxidation sites excluding steroid dienone is 1. The van der Waals surface area contributed by atoms with Crippen LogP contribution in [0, 0.1) is 18.8 Å². The lowest BCUT2D eigenvalue weighted by atomic mass is 9.83. The van der Waals surface area contributed by atoms with Crippen molar-refractivity contribution in [1.29, 1.82) is 0 Å². The summed E-state index contributed by atoms with van der Waals surface area (Å²) >= 11 is 0. The molecular weight excluding hydrogens is 466 g/mol. The molecule has 2 aromatic carbocycles. The Morgan fingerprint density at radius 3 is 2.55 bits per heavy atom. The Balaban J connectivity index is 0.00000144. The molecule has 3 aromatic heterocycles. The van der Waals surface area contributed by atoms with E-state index < -0.39 is 0 Å². The Bertz CT molecular complexity index is 1590. The van der Waals surface area contributed by atoms with Crippen molar-refractivity contribution in [3.05, 3.63) is 109 Å². The number of nitrogen functional groups attached to an aromatic ring is 1. The monoisotopic (exact) mass is 497 g/mol. The quantitative estimate of drug-likeness (QED) is 0.161. The predicted molar refractivity (Wildman–Crippen MR) is 158 cm³/mol. The zero-order valence-electron chi connectivity index (χ0n) is 21.3. The Labute approximate surface area is 223 Å². The third-order valence-electron chi connectivity index (χ3n) is 7.19. The van der Waals surface area contributed by atoms with Crippen LogP contribution in [-0.2, 0) is 6.42 Å². The summed E-state index contributed by atoms with van der Waals surface area (Å²) in [5, 5.41) is 4.65. The first-order chi connectivity index (χ1) is 18.6. The average molecular weight is 498 g/mol. The zero-order valence-corrected chi connectivity index (χ0v) is 21.3. The lowest BCUT2D eigenvalue weighted by Gasteiger charge is -2.28. The van der Waals surface area contributed by atoms with Gasteiger partial charge >= 0.3 is 0 Å². The number of rotatable bonds is 7. The van der Waals surface area contributed by atoms with Gasteiger partial charge in [0.15, 0.2) is 0 Å². The van der Waals surface area contributed by atoms with Gasteiger partial charge in [0.2, 0.25) is 0 Å². The third kappa shape index (κ3) is 5.16. The van der Waals surface area contributed by atoms with E-state index in [4.69, 9.17) is 5.73 Å². The number of H-pyrrole nitrogens is 1. The van der Waals surface area contributed by atoms with E-state index in [1.807, 2.05) is 30.7 Å². The van der Waals surface area contributed by atoms with Gasteiger partial charge in [-0.3, -0.25) is 9.97 Å². The number of aromatic nitrogens is 3. The van der Waals surface area contributed by atoms with Crippen molar-refractivity contribution in [2.24, 2.45) is 5.92 Å². The fraction of sp³-hybridized carbons (Fsp3) is 0.152. The van der Waals surface area contributed by atoms with Crippen LogP contribution in [0.15, 0.2) is 97.7 Å². The molecular formula is C33H31N5. The summed E-state index contributed by atoms with van der Waals surface area (Å²) in [6.07, 6.45) is 19.9. The average Bonchev–Trinajstić information content (AvgIpc) is 3.33. The fourth-order valence-corrected chi connectivity index (χ4v) is 4.94. The van der Waals surface area contributed by atoms with Crippen LogP contribution >= 0.6 is 0 Å². The minimum absolute atomic E-state index is 0.576. The number of pyridine rings is 2. The summed E-state index contributed by atoms with van der Waals surface area (Å²) in [6.45, 7) is 4.23. The molecule has 0 amide bonds. The Hall–Kier alpha value is -4.82. The van der Waals surface area contributed by atoms with Crippen LogP contribution in [0.1, 0.15) is 30.5 Å². The molecule has 0 bridgehead atoms. The highest BCUT2D eigenvalue weighted by molar-refractivity contribution is 5.95. The van der Waals surface area contributed by atoms with Gasteiger partial charge in [0.25, 0.3) is 0 Å². The summed E-state index contributed by atoms with van der Waals surface area (Å²) in [7, 11) is 0. The van der Waals surface area contributed by atoms with Crippen LogP contribution in [0.25, 0.3) is 33.2 Å². The van der Waals surface area contributed by atoms with E-state index in [0.29, 0.717) is 12.3 Å². The molecule has 0 aliphatic heterocycles. The van der Waals surface area contributed by atoms with Crippen molar-refractivity contribution in [3.8, 4) is 35.1 Å². The van der Waals surface area contributed by atoms with Gasteiger partial charge in [0.1, 0.15) is 0 Å². The van der Waals surface area contributed by atoms with Gasteiger partial charge in [0.05, 0.1) is 11.9 Å². The standard InChI is InChI=1S/C31H29N5.C2H2/c1-20(21-5-2-6-21)35-27-15-25(18-34-19-27)22-10-11-30(32)24(13-22)14-26-16-29-28(8-3-9-31(29)36-26)23-7-4-12-33-17-23;1-2/h3-4,7-13,15-19,21,35-36H,1-2,5-6,14,32H2;1-2H. The molecule has 1 aliphatic rings. The summed E-state index contributed by atoms with van der Waals surface area (Å²) in [6, 6.07) is 21.0. The van der Waals surface area contributed by atoms with E-state index in [0.717, 1.165) is 50.5 Å². The molecule has 1 saturated carbocycles. The summed E-state index contributed by atoms with van der Waals surface area (Å²) in [4.78, 5) is 12.3. The molecule has 5 aromatic rings. The van der Waals surface area contributed by atoms with Crippen molar-refractivity contribution < 1.29 is 0 Å².